The highest BCUT2D eigenvalue weighted by Gasteiger charge is 2.04. The lowest BCUT2D eigenvalue weighted by Crippen LogP contribution is -2.07. The molecule has 0 radical (unpaired) electrons. The molecule has 2 heterocycles. The first-order valence-corrected chi connectivity index (χ1v) is 5.28. The molecule has 0 atom stereocenters. The van der Waals surface area contributed by atoms with Gasteiger partial charge in [0.25, 0.3) is 0 Å². The second-order valence-electron chi connectivity index (χ2n) is 3.42. The van der Waals surface area contributed by atoms with Gasteiger partial charge in [0, 0.05) is 12.4 Å². The van der Waals surface area contributed by atoms with Crippen molar-refractivity contribution >= 4 is 12.2 Å². The van der Waals surface area contributed by atoms with E-state index in [1.807, 2.05) is 17.6 Å². The number of rotatable bonds is 3. The Morgan fingerprint density at radius 1 is 1.56 bits per heavy atom. The van der Waals surface area contributed by atoms with Crippen LogP contribution in [-0.4, -0.2) is 24.6 Å². The molecule has 5 nitrogen and oxygen atoms in total. The second kappa shape index (κ2) is 4.54. The molecule has 0 saturated carbocycles. The maximum absolute atomic E-state index is 9.14. The second-order valence-corrected chi connectivity index (χ2v) is 3.81. The first-order chi connectivity index (χ1) is 7.70. The van der Waals surface area contributed by atoms with E-state index in [9.17, 15) is 0 Å². The van der Waals surface area contributed by atoms with Crippen LogP contribution in [0.4, 0.5) is 0 Å². The number of aliphatic hydroxyl groups excluding tert-OH is 1. The molecular formula is C10H12N4OS. The summed E-state index contributed by atoms with van der Waals surface area (Å²) in [6, 6.07) is 1.84. The van der Waals surface area contributed by atoms with Gasteiger partial charge in [-0.25, -0.2) is 9.97 Å². The molecule has 2 rings (SSSR count). The van der Waals surface area contributed by atoms with Crippen LogP contribution < -0.4 is 0 Å². The van der Waals surface area contributed by atoms with Gasteiger partial charge in [0.05, 0.1) is 24.5 Å². The molecule has 0 aromatic carbocycles. The van der Waals surface area contributed by atoms with Crippen LogP contribution in [-0.2, 0) is 13.2 Å². The number of hydrogen-bond donors (Lipinski definition) is 2. The van der Waals surface area contributed by atoms with E-state index in [4.69, 9.17) is 17.3 Å². The van der Waals surface area contributed by atoms with Gasteiger partial charge >= 0.3 is 0 Å². The topological polar surface area (TPSA) is 66.7 Å². The van der Waals surface area contributed by atoms with Crippen molar-refractivity contribution in [2.75, 3.05) is 0 Å². The molecule has 2 N–H and O–H groups in total. The Morgan fingerprint density at radius 2 is 2.38 bits per heavy atom. The van der Waals surface area contributed by atoms with Crippen LogP contribution in [0.2, 0.25) is 0 Å². The minimum Gasteiger partial charge on any atom is -0.390 e. The lowest BCUT2D eigenvalue weighted by Gasteiger charge is -2.06. The smallest absolute Gasteiger partial charge is 0.177 e. The van der Waals surface area contributed by atoms with Gasteiger partial charge in [-0.05, 0) is 25.2 Å². The van der Waals surface area contributed by atoms with Crippen LogP contribution in [0.3, 0.4) is 0 Å². The quantitative estimate of drug-likeness (QED) is 0.785. The van der Waals surface area contributed by atoms with Crippen molar-refractivity contribution < 1.29 is 5.11 Å². The summed E-state index contributed by atoms with van der Waals surface area (Å²) in [6.07, 6.45) is 3.42. The Hall–Kier alpha value is -1.53. The summed E-state index contributed by atoms with van der Waals surface area (Å²) in [5, 5.41) is 9.14. The molecule has 0 saturated heterocycles. The molecule has 0 aliphatic rings. The van der Waals surface area contributed by atoms with Gasteiger partial charge in [0.15, 0.2) is 4.77 Å². The minimum atomic E-state index is -0.0444. The van der Waals surface area contributed by atoms with Crippen LogP contribution in [0.1, 0.15) is 17.2 Å². The van der Waals surface area contributed by atoms with E-state index in [1.54, 1.807) is 12.4 Å². The van der Waals surface area contributed by atoms with E-state index in [0.29, 0.717) is 11.3 Å². The first-order valence-electron chi connectivity index (χ1n) is 4.87. The maximum Gasteiger partial charge on any atom is 0.177 e. The monoisotopic (exact) mass is 236 g/mol. The normalized spacial score (nSPS) is 10.6. The summed E-state index contributed by atoms with van der Waals surface area (Å²) in [5.41, 5.74) is 1.62. The van der Waals surface area contributed by atoms with Crippen molar-refractivity contribution in [2.45, 2.75) is 20.1 Å². The SMILES string of the molecule is Cc1nccc(Cn2c(CO)c[nH]c2=S)n1. The van der Waals surface area contributed by atoms with Crippen LogP contribution >= 0.6 is 12.2 Å². The van der Waals surface area contributed by atoms with Crippen molar-refractivity contribution in [3.8, 4) is 0 Å². The summed E-state index contributed by atoms with van der Waals surface area (Å²) in [6.45, 7) is 2.34. The predicted molar refractivity (Wildman–Crippen MR) is 61.4 cm³/mol. The molecule has 0 amide bonds. The van der Waals surface area contributed by atoms with Crippen molar-refractivity contribution in [1.29, 1.82) is 0 Å². The molecule has 0 aliphatic carbocycles. The number of aliphatic hydroxyl groups is 1. The van der Waals surface area contributed by atoms with Gasteiger partial charge in [-0.15, -0.1) is 0 Å². The number of nitrogens with one attached hydrogen (secondary N) is 1. The summed E-state index contributed by atoms with van der Waals surface area (Å²) >= 11 is 5.12. The van der Waals surface area contributed by atoms with Crippen LogP contribution in [0.5, 0.6) is 0 Å². The fourth-order valence-electron chi connectivity index (χ4n) is 1.49. The molecular weight excluding hydrogens is 224 g/mol. The fraction of sp³-hybridized carbons (Fsp3) is 0.300. The standard InChI is InChI=1S/C10H12N4OS/c1-7-11-3-2-8(13-7)5-14-9(6-15)4-12-10(14)16/h2-4,15H,5-6H2,1H3,(H,12,16). The highest BCUT2D eigenvalue weighted by Crippen LogP contribution is 2.05. The van der Waals surface area contributed by atoms with E-state index in [-0.39, 0.29) is 6.61 Å². The molecule has 0 unspecified atom stereocenters. The van der Waals surface area contributed by atoms with Crippen LogP contribution in [0.25, 0.3) is 0 Å². The number of aromatic amines is 1. The Balaban J connectivity index is 2.33. The highest BCUT2D eigenvalue weighted by molar-refractivity contribution is 7.71. The molecule has 6 heteroatoms. The summed E-state index contributed by atoms with van der Waals surface area (Å²) in [7, 11) is 0. The Morgan fingerprint density at radius 3 is 3.06 bits per heavy atom. The average molecular weight is 236 g/mol. The molecule has 0 fully saturated rings. The van der Waals surface area contributed by atoms with Gasteiger partial charge in [-0.1, -0.05) is 0 Å². The van der Waals surface area contributed by atoms with Crippen molar-refractivity contribution in [3.05, 3.63) is 40.4 Å². The Labute approximate surface area is 97.8 Å². The summed E-state index contributed by atoms with van der Waals surface area (Å²) in [5.74, 6) is 0.727. The van der Waals surface area contributed by atoms with Crippen molar-refractivity contribution in [2.24, 2.45) is 0 Å². The predicted octanol–water partition coefficient (Wildman–Crippen LogP) is 1.18. The number of hydrogen-bond acceptors (Lipinski definition) is 4. The number of aryl methyl sites for hydroxylation is 1. The van der Waals surface area contributed by atoms with Crippen LogP contribution in [0, 0.1) is 11.7 Å². The third-order valence-corrected chi connectivity index (χ3v) is 2.61. The van der Waals surface area contributed by atoms with Crippen LogP contribution in [0.15, 0.2) is 18.5 Å². The lowest BCUT2D eigenvalue weighted by molar-refractivity contribution is 0.271. The zero-order chi connectivity index (χ0) is 11.5. The maximum atomic E-state index is 9.14. The molecule has 2 aromatic heterocycles. The zero-order valence-corrected chi connectivity index (χ0v) is 9.66. The average Bonchev–Trinajstić information content (AvgIpc) is 2.60. The highest BCUT2D eigenvalue weighted by atomic mass is 32.1. The van der Waals surface area contributed by atoms with Gasteiger partial charge in [0.2, 0.25) is 0 Å². The third-order valence-electron chi connectivity index (χ3n) is 2.27. The molecule has 16 heavy (non-hydrogen) atoms. The van der Waals surface area contributed by atoms with E-state index >= 15 is 0 Å². The molecule has 0 spiro atoms. The number of nitrogens with zero attached hydrogens (tertiary/aromatic N) is 3. The largest absolute Gasteiger partial charge is 0.390 e. The molecule has 0 bridgehead atoms. The number of H-pyrrole nitrogens is 1. The molecule has 84 valence electrons. The van der Waals surface area contributed by atoms with E-state index in [2.05, 4.69) is 15.0 Å². The summed E-state index contributed by atoms with van der Waals surface area (Å²) in [4.78, 5) is 11.2. The van der Waals surface area contributed by atoms with Gasteiger partial charge in [-0.2, -0.15) is 0 Å². The van der Waals surface area contributed by atoms with Crippen molar-refractivity contribution in [1.82, 2.24) is 19.5 Å². The summed E-state index contributed by atoms with van der Waals surface area (Å²) < 4.78 is 2.40. The van der Waals surface area contributed by atoms with E-state index < -0.39 is 0 Å². The zero-order valence-electron chi connectivity index (χ0n) is 8.84. The van der Waals surface area contributed by atoms with Gasteiger partial charge in [0.1, 0.15) is 5.82 Å². The third kappa shape index (κ3) is 2.17. The Kier molecular flexibility index (Phi) is 3.12. The van der Waals surface area contributed by atoms with Crippen molar-refractivity contribution in [3.63, 3.8) is 0 Å². The molecule has 2 aromatic rings. The van der Waals surface area contributed by atoms with E-state index in [0.717, 1.165) is 17.2 Å². The van der Waals surface area contributed by atoms with Gasteiger partial charge in [-0.3, -0.25) is 0 Å². The minimum absolute atomic E-state index is 0.0444. The first kappa shape index (κ1) is 11.0. The fourth-order valence-corrected chi connectivity index (χ4v) is 1.73. The van der Waals surface area contributed by atoms with Gasteiger partial charge < -0.3 is 14.7 Å². The van der Waals surface area contributed by atoms with E-state index in [1.165, 1.54) is 0 Å². The lowest BCUT2D eigenvalue weighted by atomic mass is 10.3. The number of imidazole rings is 1. The number of aromatic nitrogens is 4. The molecule has 0 aliphatic heterocycles. The Bertz CT molecular complexity index is 546.